The van der Waals surface area contributed by atoms with Crippen LogP contribution < -0.4 is 0 Å². The summed E-state index contributed by atoms with van der Waals surface area (Å²) < 4.78 is 8.25. The molecule has 0 spiro atoms. The third-order valence-electron chi connectivity index (χ3n) is 6.09. The lowest BCUT2D eigenvalue weighted by atomic mass is 9.72. The Morgan fingerprint density at radius 2 is 1.89 bits per heavy atom. The zero-order valence-corrected chi connectivity index (χ0v) is 17.3. The van der Waals surface area contributed by atoms with Crippen molar-refractivity contribution in [2.45, 2.75) is 53.4 Å². The Balaban J connectivity index is 1.84. The summed E-state index contributed by atoms with van der Waals surface area (Å²) in [7, 11) is 0. The van der Waals surface area contributed by atoms with Crippen LogP contribution in [-0.2, 0) is 12.8 Å². The molecule has 0 fully saturated rings. The molecular weight excluding hydrogens is 346 g/mol. The number of aromatic nitrogens is 1. The van der Waals surface area contributed by atoms with Gasteiger partial charge in [-0.25, -0.2) is 0 Å². The van der Waals surface area contributed by atoms with Gasteiger partial charge in [-0.3, -0.25) is 9.36 Å². The highest BCUT2D eigenvalue weighted by Gasteiger charge is 2.32. The molecule has 28 heavy (non-hydrogen) atoms. The molecule has 4 rings (SSSR count). The monoisotopic (exact) mass is 375 g/mol. The van der Waals surface area contributed by atoms with Gasteiger partial charge in [0.25, 0.3) is 0 Å². The highest BCUT2D eigenvalue weighted by Crippen LogP contribution is 2.41. The Bertz CT molecular complexity index is 985. The number of benzene rings is 1. The van der Waals surface area contributed by atoms with E-state index in [4.69, 9.17) is 4.42 Å². The first-order valence-electron chi connectivity index (χ1n) is 10.3. The normalized spacial score (nSPS) is 16.8. The van der Waals surface area contributed by atoms with Crippen LogP contribution in [0.25, 0.3) is 17.1 Å². The maximum atomic E-state index is 12.1. The van der Waals surface area contributed by atoms with E-state index in [2.05, 4.69) is 55.7 Å². The zero-order chi connectivity index (χ0) is 19.9. The molecule has 3 heteroatoms. The van der Waals surface area contributed by atoms with Crippen LogP contribution in [0.15, 0.2) is 52.9 Å². The standard InChI is InChI=1S/C25H29NO2/c1-5-22(27)23-13-14-24(28-23)26-20-12-11-19(25(2,3)4)15-18(20)16-21(26)17-9-7-6-8-10-17/h6-10,13-14,16,19H,5,11-12,15H2,1-4H3. The van der Waals surface area contributed by atoms with E-state index in [1.165, 1.54) is 23.2 Å². The van der Waals surface area contributed by atoms with Crippen molar-refractivity contribution in [2.75, 3.05) is 0 Å². The van der Waals surface area contributed by atoms with Crippen molar-refractivity contribution in [1.29, 1.82) is 0 Å². The molecule has 0 bridgehead atoms. The van der Waals surface area contributed by atoms with Crippen LogP contribution in [0.2, 0.25) is 0 Å². The average Bonchev–Trinajstić information content (AvgIpc) is 3.31. The van der Waals surface area contributed by atoms with Crippen LogP contribution in [0.1, 0.15) is 62.3 Å². The molecule has 0 saturated carbocycles. The molecule has 0 aliphatic heterocycles. The summed E-state index contributed by atoms with van der Waals surface area (Å²) in [5, 5.41) is 0. The van der Waals surface area contributed by atoms with E-state index in [9.17, 15) is 4.79 Å². The van der Waals surface area contributed by atoms with Crippen molar-refractivity contribution in [3.63, 3.8) is 0 Å². The van der Waals surface area contributed by atoms with E-state index < -0.39 is 0 Å². The lowest BCUT2D eigenvalue weighted by Crippen LogP contribution is -2.27. The first kappa shape index (κ1) is 18.8. The Kier molecular flexibility index (Phi) is 4.78. The number of carbonyl (C=O) groups is 1. The minimum Gasteiger partial charge on any atom is -0.437 e. The van der Waals surface area contributed by atoms with E-state index in [1.54, 1.807) is 0 Å². The third-order valence-corrected chi connectivity index (χ3v) is 6.09. The summed E-state index contributed by atoms with van der Waals surface area (Å²) in [6, 6.07) is 16.5. The molecule has 3 aromatic rings. The number of hydrogen-bond acceptors (Lipinski definition) is 2. The first-order valence-corrected chi connectivity index (χ1v) is 10.3. The smallest absolute Gasteiger partial charge is 0.205 e. The summed E-state index contributed by atoms with van der Waals surface area (Å²) in [5.74, 6) is 1.91. The molecule has 2 heterocycles. The lowest BCUT2D eigenvalue weighted by Gasteiger charge is -2.34. The summed E-state index contributed by atoms with van der Waals surface area (Å²) in [6.07, 6.45) is 3.75. The molecule has 1 aromatic carbocycles. The second-order valence-corrected chi connectivity index (χ2v) is 8.92. The quantitative estimate of drug-likeness (QED) is 0.489. The largest absolute Gasteiger partial charge is 0.437 e. The molecule has 1 aliphatic carbocycles. The molecular formula is C25H29NO2. The third kappa shape index (κ3) is 3.34. The van der Waals surface area contributed by atoms with Crippen LogP contribution in [0.4, 0.5) is 0 Å². The van der Waals surface area contributed by atoms with Crippen molar-refractivity contribution in [3.05, 3.63) is 65.5 Å². The van der Waals surface area contributed by atoms with Gasteiger partial charge in [-0.1, -0.05) is 58.0 Å². The van der Waals surface area contributed by atoms with Crippen molar-refractivity contribution in [1.82, 2.24) is 4.57 Å². The second kappa shape index (κ2) is 7.12. The number of rotatable bonds is 4. The van der Waals surface area contributed by atoms with Gasteiger partial charge in [0.15, 0.2) is 11.5 Å². The molecule has 3 nitrogen and oxygen atoms in total. The van der Waals surface area contributed by atoms with Crippen molar-refractivity contribution >= 4 is 5.78 Å². The van der Waals surface area contributed by atoms with Gasteiger partial charge in [0.1, 0.15) is 0 Å². The van der Waals surface area contributed by atoms with Gasteiger partial charge in [-0.05, 0) is 53.9 Å². The van der Waals surface area contributed by atoms with Gasteiger partial charge in [-0.2, -0.15) is 0 Å². The Morgan fingerprint density at radius 3 is 2.57 bits per heavy atom. The first-order chi connectivity index (χ1) is 13.4. The Morgan fingerprint density at radius 1 is 1.14 bits per heavy atom. The minimum atomic E-state index is 0.0429. The number of carbonyl (C=O) groups excluding carboxylic acids is 1. The van der Waals surface area contributed by atoms with Crippen LogP contribution in [0.5, 0.6) is 0 Å². The maximum Gasteiger partial charge on any atom is 0.205 e. The predicted molar refractivity (Wildman–Crippen MR) is 113 cm³/mol. The average molecular weight is 376 g/mol. The number of ketones is 1. The summed E-state index contributed by atoms with van der Waals surface area (Å²) in [5.41, 5.74) is 5.35. The van der Waals surface area contributed by atoms with Gasteiger partial charge in [0.05, 0.1) is 5.69 Å². The minimum absolute atomic E-state index is 0.0429. The molecule has 0 N–H and O–H groups in total. The summed E-state index contributed by atoms with van der Waals surface area (Å²) in [6.45, 7) is 8.89. The fourth-order valence-corrected chi connectivity index (χ4v) is 4.31. The maximum absolute atomic E-state index is 12.1. The van der Waals surface area contributed by atoms with E-state index in [0.717, 1.165) is 24.4 Å². The van der Waals surface area contributed by atoms with E-state index in [1.807, 2.05) is 25.1 Å². The molecule has 1 aliphatic rings. The fourth-order valence-electron chi connectivity index (χ4n) is 4.31. The van der Waals surface area contributed by atoms with Gasteiger partial charge >= 0.3 is 0 Å². The molecule has 2 aromatic heterocycles. The van der Waals surface area contributed by atoms with Crippen molar-refractivity contribution in [3.8, 4) is 17.1 Å². The molecule has 1 atom stereocenters. The van der Waals surface area contributed by atoms with Crippen molar-refractivity contribution in [2.24, 2.45) is 11.3 Å². The predicted octanol–water partition coefficient (Wildman–Crippen LogP) is 6.48. The zero-order valence-electron chi connectivity index (χ0n) is 17.3. The molecule has 0 radical (unpaired) electrons. The summed E-state index contributed by atoms with van der Waals surface area (Å²) >= 11 is 0. The number of furan rings is 1. The fraction of sp³-hybridized carbons (Fsp3) is 0.400. The summed E-state index contributed by atoms with van der Waals surface area (Å²) in [4.78, 5) is 12.1. The van der Waals surface area contributed by atoms with Crippen LogP contribution in [0.3, 0.4) is 0 Å². The van der Waals surface area contributed by atoms with E-state index >= 15 is 0 Å². The van der Waals surface area contributed by atoms with Crippen LogP contribution >= 0.6 is 0 Å². The van der Waals surface area contributed by atoms with Gasteiger partial charge in [-0.15, -0.1) is 0 Å². The number of fused-ring (bicyclic) bond motifs is 1. The Labute approximate surface area is 167 Å². The second-order valence-electron chi connectivity index (χ2n) is 8.92. The van der Waals surface area contributed by atoms with Gasteiger partial charge < -0.3 is 4.42 Å². The highest BCUT2D eigenvalue weighted by atomic mass is 16.4. The SMILES string of the molecule is CCC(=O)c1ccc(-n2c(-c3ccccc3)cc3c2CCC(C(C)(C)C)C3)o1. The molecule has 0 amide bonds. The van der Waals surface area contributed by atoms with Crippen LogP contribution in [0, 0.1) is 11.3 Å². The lowest BCUT2D eigenvalue weighted by molar-refractivity contribution is 0.0961. The Hall–Kier alpha value is -2.55. The van der Waals surface area contributed by atoms with Gasteiger partial charge in [0, 0.05) is 18.2 Å². The van der Waals surface area contributed by atoms with Gasteiger partial charge in [0.2, 0.25) is 5.88 Å². The van der Waals surface area contributed by atoms with E-state index in [0.29, 0.717) is 23.5 Å². The molecule has 0 saturated heterocycles. The highest BCUT2D eigenvalue weighted by molar-refractivity contribution is 5.93. The number of hydrogen-bond donors (Lipinski definition) is 0. The molecule has 1 unspecified atom stereocenters. The molecule has 146 valence electrons. The number of nitrogens with zero attached hydrogens (tertiary/aromatic N) is 1. The van der Waals surface area contributed by atoms with Crippen LogP contribution in [-0.4, -0.2) is 10.4 Å². The topological polar surface area (TPSA) is 35.1 Å². The number of Topliss-reactive ketones (excluding diaryl/α,β-unsaturated/α-hetero) is 1. The van der Waals surface area contributed by atoms with Crippen molar-refractivity contribution < 1.29 is 9.21 Å². The van der Waals surface area contributed by atoms with E-state index in [-0.39, 0.29) is 5.78 Å².